The maximum Gasteiger partial charge on any atom is 0.127 e. The van der Waals surface area contributed by atoms with Crippen LogP contribution in [-0.4, -0.2) is 0 Å². The lowest BCUT2D eigenvalue weighted by Crippen LogP contribution is -2.01. The predicted octanol–water partition coefficient (Wildman–Crippen LogP) is 5.80. The summed E-state index contributed by atoms with van der Waals surface area (Å²) in [7, 11) is 0. The maximum absolute atomic E-state index is 5.94. The highest BCUT2D eigenvalue weighted by molar-refractivity contribution is 5.40. The second-order valence-electron chi connectivity index (χ2n) is 6.03. The van der Waals surface area contributed by atoms with E-state index in [1.54, 1.807) is 0 Å². The monoisotopic (exact) mass is 268 g/mol. The van der Waals surface area contributed by atoms with Gasteiger partial charge in [0.1, 0.15) is 11.5 Å². The van der Waals surface area contributed by atoms with Crippen LogP contribution in [0.3, 0.4) is 0 Å². The SMILES string of the molecule is CC(C)Cc1cc(Oc2ccccc2)ccc1C(C)C. The molecule has 0 amide bonds. The van der Waals surface area contributed by atoms with E-state index in [-0.39, 0.29) is 0 Å². The Morgan fingerprint density at radius 1 is 0.850 bits per heavy atom. The van der Waals surface area contributed by atoms with Crippen molar-refractivity contribution in [3.63, 3.8) is 0 Å². The number of para-hydroxylation sites is 1. The number of benzene rings is 2. The molecule has 0 fully saturated rings. The number of hydrogen-bond donors (Lipinski definition) is 0. The van der Waals surface area contributed by atoms with E-state index in [1.807, 2.05) is 30.3 Å². The minimum atomic E-state index is 0.550. The van der Waals surface area contributed by atoms with Crippen molar-refractivity contribution in [2.45, 2.75) is 40.0 Å². The van der Waals surface area contributed by atoms with Gasteiger partial charge in [-0.15, -0.1) is 0 Å². The predicted molar refractivity (Wildman–Crippen MR) is 85.6 cm³/mol. The summed E-state index contributed by atoms with van der Waals surface area (Å²) in [4.78, 5) is 0. The molecule has 0 N–H and O–H groups in total. The molecule has 0 atom stereocenters. The molecule has 0 heterocycles. The van der Waals surface area contributed by atoms with Crippen LogP contribution >= 0.6 is 0 Å². The topological polar surface area (TPSA) is 9.23 Å². The van der Waals surface area contributed by atoms with Crippen LogP contribution in [0.5, 0.6) is 11.5 Å². The third kappa shape index (κ3) is 3.86. The van der Waals surface area contributed by atoms with Crippen molar-refractivity contribution in [3.8, 4) is 11.5 Å². The molecule has 20 heavy (non-hydrogen) atoms. The molecule has 0 saturated carbocycles. The van der Waals surface area contributed by atoms with Crippen LogP contribution in [0.1, 0.15) is 44.7 Å². The van der Waals surface area contributed by atoms with Gasteiger partial charge in [0.25, 0.3) is 0 Å². The first-order chi connectivity index (χ1) is 9.56. The summed E-state index contributed by atoms with van der Waals surface area (Å²) in [5.74, 6) is 3.02. The minimum Gasteiger partial charge on any atom is -0.457 e. The quantitative estimate of drug-likeness (QED) is 0.665. The van der Waals surface area contributed by atoms with E-state index in [9.17, 15) is 0 Å². The van der Waals surface area contributed by atoms with Crippen molar-refractivity contribution in [2.75, 3.05) is 0 Å². The van der Waals surface area contributed by atoms with Gasteiger partial charge in [0, 0.05) is 0 Å². The van der Waals surface area contributed by atoms with Crippen LogP contribution in [0.4, 0.5) is 0 Å². The second kappa shape index (κ2) is 6.60. The minimum absolute atomic E-state index is 0.550. The standard InChI is InChI=1S/C19H24O/c1-14(2)12-16-13-18(10-11-19(16)15(3)4)20-17-8-6-5-7-9-17/h5-11,13-15H,12H2,1-4H3. The molecule has 0 aliphatic heterocycles. The van der Waals surface area contributed by atoms with Crippen LogP contribution in [0.15, 0.2) is 48.5 Å². The Labute approximate surface area is 122 Å². The van der Waals surface area contributed by atoms with Crippen LogP contribution < -0.4 is 4.74 Å². The molecule has 1 heteroatoms. The van der Waals surface area contributed by atoms with Crippen molar-refractivity contribution in [1.29, 1.82) is 0 Å². The Bertz CT molecular complexity index is 541. The fraction of sp³-hybridized carbons (Fsp3) is 0.368. The van der Waals surface area contributed by atoms with E-state index in [0.717, 1.165) is 17.9 Å². The average molecular weight is 268 g/mol. The van der Waals surface area contributed by atoms with E-state index in [0.29, 0.717) is 11.8 Å². The molecule has 0 aliphatic carbocycles. The highest BCUT2D eigenvalue weighted by atomic mass is 16.5. The van der Waals surface area contributed by atoms with E-state index in [1.165, 1.54) is 11.1 Å². The van der Waals surface area contributed by atoms with Gasteiger partial charge in [0.05, 0.1) is 0 Å². The molecule has 106 valence electrons. The first-order valence-electron chi connectivity index (χ1n) is 7.42. The molecule has 2 aromatic rings. The molecule has 1 nitrogen and oxygen atoms in total. The zero-order valence-corrected chi connectivity index (χ0v) is 12.9. The third-order valence-corrected chi connectivity index (χ3v) is 3.34. The second-order valence-corrected chi connectivity index (χ2v) is 6.03. The van der Waals surface area contributed by atoms with E-state index >= 15 is 0 Å². The summed E-state index contributed by atoms with van der Waals surface area (Å²) in [5.41, 5.74) is 2.84. The summed E-state index contributed by atoms with van der Waals surface area (Å²) in [6, 6.07) is 16.4. The Kier molecular flexibility index (Phi) is 4.84. The van der Waals surface area contributed by atoms with Crippen LogP contribution in [0, 0.1) is 5.92 Å². The molecule has 0 aromatic heterocycles. The zero-order chi connectivity index (χ0) is 14.5. The molecule has 0 aliphatic rings. The van der Waals surface area contributed by atoms with Gasteiger partial charge in [-0.05, 0) is 53.6 Å². The number of ether oxygens (including phenoxy) is 1. The molecule has 0 unspecified atom stereocenters. The molecule has 0 bridgehead atoms. The van der Waals surface area contributed by atoms with Crippen LogP contribution in [-0.2, 0) is 6.42 Å². The Balaban J connectivity index is 2.27. The summed E-state index contributed by atoms with van der Waals surface area (Å²) in [6.45, 7) is 9.01. The van der Waals surface area contributed by atoms with Gasteiger partial charge < -0.3 is 4.74 Å². The highest BCUT2D eigenvalue weighted by Gasteiger charge is 2.10. The van der Waals surface area contributed by atoms with Gasteiger partial charge in [0.2, 0.25) is 0 Å². The smallest absolute Gasteiger partial charge is 0.127 e. The summed E-state index contributed by atoms with van der Waals surface area (Å²) in [6.07, 6.45) is 1.10. The van der Waals surface area contributed by atoms with Gasteiger partial charge in [-0.1, -0.05) is 52.0 Å². The van der Waals surface area contributed by atoms with E-state index < -0.39 is 0 Å². The van der Waals surface area contributed by atoms with Gasteiger partial charge >= 0.3 is 0 Å². The molecular weight excluding hydrogens is 244 g/mol. The van der Waals surface area contributed by atoms with Crippen molar-refractivity contribution in [2.24, 2.45) is 5.92 Å². The van der Waals surface area contributed by atoms with E-state index in [2.05, 4.69) is 45.9 Å². The first-order valence-corrected chi connectivity index (χ1v) is 7.42. The molecule has 2 rings (SSSR count). The van der Waals surface area contributed by atoms with Gasteiger partial charge in [-0.3, -0.25) is 0 Å². The summed E-state index contributed by atoms with van der Waals surface area (Å²) in [5, 5.41) is 0. The van der Waals surface area contributed by atoms with Crippen molar-refractivity contribution < 1.29 is 4.74 Å². The Morgan fingerprint density at radius 2 is 1.55 bits per heavy atom. The normalized spacial score (nSPS) is 11.1. The largest absolute Gasteiger partial charge is 0.457 e. The molecular formula is C19H24O. The Hall–Kier alpha value is -1.76. The van der Waals surface area contributed by atoms with Gasteiger partial charge in [0.15, 0.2) is 0 Å². The fourth-order valence-corrected chi connectivity index (χ4v) is 2.45. The average Bonchev–Trinajstić information content (AvgIpc) is 2.39. The van der Waals surface area contributed by atoms with Crippen LogP contribution in [0.25, 0.3) is 0 Å². The molecule has 0 saturated heterocycles. The first kappa shape index (κ1) is 14.6. The lowest BCUT2D eigenvalue weighted by atomic mass is 9.92. The van der Waals surface area contributed by atoms with Crippen molar-refractivity contribution >= 4 is 0 Å². The van der Waals surface area contributed by atoms with E-state index in [4.69, 9.17) is 4.74 Å². The summed E-state index contributed by atoms with van der Waals surface area (Å²) >= 11 is 0. The van der Waals surface area contributed by atoms with Gasteiger partial charge in [-0.2, -0.15) is 0 Å². The lowest BCUT2D eigenvalue weighted by molar-refractivity contribution is 0.480. The third-order valence-electron chi connectivity index (χ3n) is 3.34. The van der Waals surface area contributed by atoms with Crippen molar-refractivity contribution in [3.05, 3.63) is 59.7 Å². The fourth-order valence-electron chi connectivity index (χ4n) is 2.45. The van der Waals surface area contributed by atoms with Crippen LogP contribution in [0.2, 0.25) is 0 Å². The maximum atomic E-state index is 5.94. The Morgan fingerprint density at radius 3 is 2.15 bits per heavy atom. The lowest BCUT2D eigenvalue weighted by Gasteiger charge is -2.16. The highest BCUT2D eigenvalue weighted by Crippen LogP contribution is 2.29. The van der Waals surface area contributed by atoms with Gasteiger partial charge in [-0.25, -0.2) is 0 Å². The number of hydrogen-bond acceptors (Lipinski definition) is 1. The zero-order valence-electron chi connectivity index (χ0n) is 12.9. The number of rotatable bonds is 5. The molecule has 0 radical (unpaired) electrons. The summed E-state index contributed by atoms with van der Waals surface area (Å²) < 4.78 is 5.94. The van der Waals surface area contributed by atoms with Crippen molar-refractivity contribution in [1.82, 2.24) is 0 Å². The molecule has 0 spiro atoms. The molecule has 2 aromatic carbocycles.